The maximum absolute atomic E-state index is 12.3. The molecule has 0 saturated heterocycles. The molecule has 1 amide bonds. The number of amides is 1. The predicted molar refractivity (Wildman–Crippen MR) is 77.4 cm³/mol. The molecule has 5 heteroatoms. The number of nitrogens with one attached hydrogen (secondary N) is 2. The van der Waals surface area contributed by atoms with Gasteiger partial charge in [0, 0.05) is 11.3 Å². The van der Waals surface area contributed by atoms with E-state index in [-0.39, 0.29) is 12.5 Å². The van der Waals surface area contributed by atoms with Crippen molar-refractivity contribution in [1.29, 1.82) is 0 Å². The summed E-state index contributed by atoms with van der Waals surface area (Å²) in [6.45, 7) is 6.07. The van der Waals surface area contributed by atoms with Crippen LogP contribution in [0.25, 0.3) is 0 Å². The second kappa shape index (κ2) is 5.95. The van der Waals surface area contributed by atoms with Crippen LogP contribution in [0.1, 0.15) is 49.6 Å². The first-order chi connectivity index (χ1) is 9.46. The summed E-state index contributed by atoms with van der Waals surface area (Å²) in [4.78, 5) is 12.3. The van der Waals surface area contributed by atoms with Crippen LogP contribution in [0.2, 0.25) is 0 Å². The van der Waals surface area contributed by atoms with E-state index in [1.165, 1.54) is 0 Å². The van der Waals surface area contributed by atoms with Gasteiger partial charge in [0.25, 0.3) is 0 Å². The van der Waals surface area contributed by atoms with Crippen LogP contribution >= 0.6 is 0 Å². The minimum absolute atomic E-state index is 0.0226. The van der Waals surface area contributed by atoms with Crippen LogP contribution in [-0.4, -0.2) is 33.4 Å². The first kappa shape index (κ1) is 15.0. The maximum Gasteiger partial charge on any atom is 0.225 e. The maximum atomic E-state index is 12.3. The topological polar surface area (TPSA) is 78.0 Å². The van der Waals surface area contributed by atoms with E-state index in [0.717, 1.165) is 42.6 Å². The highest BCUT2D eigenvalue weighted by Crippen LogP contribution is 2.31. The molecule has 1 heterocycles. The van der Waals surface area contributed by atoms with Crippen molar-refractivity contribution in [3.63, 3.8) is 0 Å². The van der Waals surface area contributed by atoms with Gasteiger partial charge in [-0.15, -0.1) is 0 Å². The van der Waals surface area contributed by atoms with Crippen LogP contribution in [0.4, 0.5) is 0 Å². The van der Waals surface area contributed by atoms with Crippen molar-refractivity contribution in [3.05, 3.63) is 17.0 Å². The van der Waals surface area contributed by atoms with Crippen LogP contribution in [0.5, 0.6) is 0 Å². The van der Waals surface area contributed by atoms with Gasteiger partial charge in [0.05, 0.1) is 24.3 Å². The molecule has 0 bridgehead atoms. The highest BCUT2D eigenvalue weighted by Gasteiger charge is 2.35. The van der Waals surface area contributed by atoms with Gasteiger partial charge in [-0.1, -0.05) is 6.92 Å². The van der Waals surface area contributed by atoms with Crippen molar-refractivity contribution in [2.24, 2.45) is 5.92 Å². The number of aromatic amines is 1. The Hall–Kier alpha value is -1.36. The van der Waals surface area contributed by atoms with Crippen molar-refractivity contribution < 1.29 is 9.90 Å². The predicted octanol–water partition coefficient (Wildman–Crippen LogP) is 1.63. The Morgan fingerprint density at radius 2 is 2.10 bits per heavy atom. The second-order valence-electron chi connectivity index (χ2n) is 6.26. The van der Waals surface area contributed by atoms with Crippen molar-refractivity contribution in [2.75, 3.05) is 6.61 Å². The minimum atomic E-state index is -0.421. The largest absolute Gasteiger partial charge is 0.394 e. The monoisotopic (exact) mass is 279 g/mol. The Bertz CT molecular complexity index is 454. The van der Waals surface area contributed by atoms with E-state index in [2.05, 4.69) is 22.4 Å². The average Bonchev–Trinajstić information content (AvgIpc) is 2.73. The number of H-pyrrole nitrogens is 1. The van der Waals surface area contributed by atoms with Gasteiger partial charge >= 0.3 is 0 Å². The number of aliphatic hydroxyl groups is 1. The average molecular weight is 279 g/mol. The summed E-state index contributed by atoms with van der Waals surface area (Å²) >= 11 is 0. The van der Waals surface area contributed by atoms with Crippen molar-refractivity contribution in [1.82, 2.24) is 15.5 Å². The van der Waals surface area contributed by atoms with Crippen molar-refractivity contribution in [3.8, 4) is 0 Å². The van der Waals surface area contributed by atoms with Crippen LogP contribution in [0, 0.1) is 19.8 Å². The molecule has 1 aliphatic carbocycles. The first-order valence-corrected chi connectivity index (χ1v) is 7.38. The van der Waals surface area contributed by atoms with E-state index in [9.17, 15) is 9.90 Å². The molecule has 112 valence electrons. The number of aromatic nitrogens is 2. The van der Waals surface area contributed by atoms with E-state index in [1.807, 2.05) is 13.8 Å². The molecule has 0 radical (unpaired) electrons. The number of aliphatic hydroxyl groups excluding tert-OH is 1. The number of hydrogen-bond acceptors (Lipinski definition) is 3. The molecule has 1 fully saturated rings. The van der Waals surface area contributed by atoms with Gasteiger partial charge in [0.1, 0.15) is 0 Å². The molecule has 0 spiro atoms. The zero-order chi connectivity index (χ0) is 14.8. The van der Waals surface area contributed by atoms with Gasteiger partial charge < -0.3 is 10.4 Å². The first-order valence-electron chi connectivity index (χ1n) is 7.38. The molecule has 5 nitrogen and oxygen atoms in total. The van der Waals surface area contributed by atoms with E-state index >= 15 is 0 Å². The smallest absolute Gasteiger partial charge is 0.225 e. The van der Waals surface area contributed by atoms with E-state index in [0.29, 0.717) is 12.3 Å². The molecule has 0 atom stereocenters. The number of carbonyl (C=O) groups is 1. The summed E-state index contributed by atoms with van der Waals surface area (Å²) in [5.41, 5.74) is 2.34. The third kappa shape index (κ3) is 3.20. The Morgan fingerprint density at radius 1 is 1.45 bits per heavy atom. The van der Waals surface area contributed by atoms with Crippen LogP contribution < -0.4 is 5.32 Å². The molecular formula is C15H25N3O2. The number of rotatable bonds is 4. The Kier molecular flexibility index (Phi) is 4.48. The number of hydrogen-bond donors (Lipinski definition) is 3. The Morgan fingerprint density at radius 3 is 2.60 bits per heavy atom. The van der Waals surface area contributed by atoms with Crippen LogP contribution in [0.15, 0.2) is 0 Å². The lowest BCUT2D eigenvalue weighted by atomic mass is 9.77. The summed E-state index contributed by atoms with van der Waals surface area (Å²) in [7, 11) is 0. The minimum Gasteiger partial charge on any atom is -0.394 e. The zero-order valence-electron chi connectivity index (χ0n) is 12.6. The summed E-state index contributed by atoms with van der Waals surface area (Å²) in [6, 6.07) is 0. The van der Waals surface area contributed by atoms with Gasteiger partial charge in [-0.05, 0) is 45.4 Å². The van der Waals surface area contributed by atoms with Gasteiger partial charge in [-0.25, -0.2) is 0 Å². The van der Waals surface area contributed by atoms with Gasteiger partial charge in [0.15, 0.2) is 0 Å². The van der Waals surface area contributed by atoms with E-state index in [1.54, 1.807) is 0 Å². The third-order valence-electron chi connectivity index (χ3n) is 4.56. The standard InChI is InChI=1S/C15H25N3O2/c1-10-4-6-15(9-19,7-5-10)16-14(20)8-13-11(2)17-18-12(13)3/h10,19H,4-9H2,1-3H3,(H,16,20)(H,17,18). The highest BCUT2D eigenvalue weighted by molar-refractivity contribution is 5.79. The molecular weight excluding hydrogens is 254 g/mol. The number of nitrogens with zero attached hydrogens (tertiary/aromatic N) is 1. The molecule has 0 unspecified atom stereocenters. The fourth-order valence-corrected chi connectivity index (χ4v) is 2.97. The molecule has 1 saturated carbocycles. The second-order valence-corrected chi connectivity index (χ2v) is 6.26. The lowest BCUT2D eigenvalue weighted by Crippen LogP contribution is -2.53. The lowest BCUT2D eigenvalue weighted by molar-refractivity contribution is -0.123. The number of carbonyl (C=O) groups excluding carboxylic acids is 1. The van der Waals surface area contributed by atoms with Crippen LogP contribution in [0.3, 0.4) is 0 Å². The molecule has 1 aromatic rings. The molecule has 0 aromatic carbocycles. The summed E-state index contributed by atoms with van der Waals surface area (Å²) < 4.78 is 0. The SMILES string of the molecule is Cc1n[nH]c(C)c1CC(=O)NC1(CO)CCC(C)CC1. The molecule has 1 aliphatic rings. The Labute approximate surface area is 120 Å². The summed E-state index contributed by atoms with van der Waals surface area (Å²) in [6.07, 6.45) is 4.17. The highest BCUT2D eigenvalue weighted by atomic mass is 16.3. The molecule has 2 rings (SSSR count). The normalized spacial score (nSPS) is 26.5. The van der Waals surface area contributed by atoms with Crippen molar-refractivity contribution in [2.45, 2.75) is 58.4 Å². The van der Waals surface area contributed by atoms with E-state index < -0.39 is 5.54 Å². The zero-order valence-corrected chi connectivity index (χ0v) is 12.6. The summed E-state index contributed by atoms with van der Waals surface area (Å²) in [5.74, 6) is 0.658. The molecule has 0 aliphatic heterocycles. The lowest BCUT2D eigenvalue weighted by Gasteiger charge is -2.38. The van der Waals surface area contributed by atoms with Gasteiger partial charge in [-0.2, -0.15) is 5.10 Å². The molecule has 3 N–H and O–H groups in total. The Balaban J connectivity index is 2.00. The van der Waals surface area contributed by atoms with Crippen LogP contribution in [-0.2, 0) is 11.2 Å². The van der Waals surface area contributed by atoms with Crippen molar-refractivity contribution >= 4 is 5.91 Å². The molecule has 1 aromatic heterocycles. The number of aryl methyl sites for hydroxylation is 2. The van der Waals surface area contributed by atoms with E-state index in [4.69, 9.17) is 0 Å². The van der Waals surface area contributed by atoms with Gasteiger partial charge in [0.2, 0.25) is 5.91 Å². The summed E-state index contributed by atoms with van der Waals surface area (Å²) in [5, 5.41) is 19.7. The molecule has 20 heavy (non-hydrogen) atoms. The fraction of sp³-hybridized carbons (Fsp3) is 0.733. The fourth-order valence-electron chi connectivity index (χ4n) is 2.97. The van der Waals surface area contributed by atoms with Gasteiger partial charge in [-0.3, -0.25) is 9.89 Å². The third-order valence-corrected chi connectivity index (χ3v) is 4.56. The quantitative estimate of drug-likeness (QED) is 0.784.